The maximum absolute atomic E-state index is 12.0. The van der Waals surface area contributed by atoms with Crippen LogP contribution in [0.15, 0.2) is 16.8 Å². The SMILES string of the molecule is O=C(Cc1ccsc1)N1CC(N2C(=O)CCC2=O)C1. The number of nitrogens with zero attached hydrogens (tertiary/aromatic N) is 2. The predicted molar refractivity (Wildman–Crippen MR) is 69.5 cm³/mol. The zero-order chi connectivity index (χ0) is 13.4. The van der Waals surface area contributed by atoms with Crippen molar-refractivity contribution in [3.63, 3.8) is 0 Å². The lowest BCUT2D eigenvalue weighted by Gasteiger charge is -2.43. The van der Waals surface area contributed by atoms with Gasteiger partial charge < -0.3 is 4.90 Å². The summed E-state index contributed by atoms with van der Waals surface area (Å²) in [5, 5.41) is 3.91. The molecular formula is C13H14N2O3S. The minimum absolute atomic E-state index is 0.0637. The van der Waals surface area contributed by atoms with E-state index in [1.165, 1.54) is 4.90 Å². The lowest BCUT2D eigenvalue weighted by Crippen LogP contribution is -2.62. The molecule has 0 unspecified atom stereocenters. The van der Waals surface area contributed by atoms with Gasteiger partial charge in [-0.2, -0.15) is 11.3 Å². The third-order valence-corrected chi connectivity index (χ3v) is 4.34. The maximum Gasteiger partial charge on any atom is 0.230 e. The van der Waals surface area contributed by atoms with Crippen molar-refractivity contribution in [1.29, 1.82) is 0 Å². The molecule has 0 spiro atoms. The van der Waals surface area contributed by atoms with Crippen LogP contribution >= 0.6 is 11.3 Å². The molecule has 5 nitrogen and oxygen atoms in total. The van der Waals surface area contributed by atoms with Gasteiger partial charge in [0, 0.05) is 25.9 Å². The van der Waals surface area contributed by atoms with Gasteiger partial charge in [0.25, 0.3) is 0 Å². The lowest BCUT2D eigenvalue weighted by atomic mass is 10.1. The van der Waals surface area contributed by atoms with E-state index in [1.807, 2.05) is 16.8 Å². The Morgan fingerprint density at radius 2 is 1.95 bits per heavy atom. The molecule has 2 saturated heterocycles. The summed E-state index contributed by atoms with van der Waals surface area (Å²) in [5.74, 6) is -0.131. The largest absolute Gasteiger partial charge is 0.338 e. The number of hydrogen-bond donors (Lipinski definition) is 0. The highest BCUT2D eigenvalue weighted by atomic mass is 32.1. The van der Waals surface area contributed by atoms with Crippen molar-refractivity contribution < 1.29 is 14.4 Å². The molecule has 0 saturated carbocycles. The summed E-state index contributed by atoms with van der Waals surface area (Å²) in [6.07, 6.45) is 1.04. The van der Waals surface area contributed by atoms with Gasteiger partial charge in [-0.25, -0.2) is 0 Å². The number of carbonyl (C=O) groups is 3. The minimum Gasteiger partial charge on any atom is -0.338 e. The fourth-order valence-corrected chi connectivity index (χ4v) is 3.17. The molecule has 100 valence electrons. The molecule has 1 aromatic rings. The molecular weight excluding hydrogens is 264 g/mol. The summed E-state index contributed by atoms with van der Waals surface area (Å²) in [7, 11) is 0. The van der Waals surface area contributed by atoms with Crippen LogP contribution in [0.5, 0.6) is 0 Å². The molecule has 3 heterocycles. The number of thiophene rings is 1. The van der Waals surface area contributed by atoms with Gasteiger partial charge in [0.05, 0.1) is 12.5 Å². The zero-order valence-corrected chi connectivity index (χ0v) is 11.2. The smallest absolute Gasteiger partial charge is 0.230 e. The molecule has 6 heteroatoms. The van der Waals surface area contributed by atoms with Gasteiger partial charge in [-0.1, -0.05) is 0 Å². The number of carbonyl (C=O) groups excluding carboxylic acids is 3. The molecule has 3 rings (SSSR count). The van der Waals surface area contributed by atoms with E-state index >= 15 is 0 Å². The first kappa shape index (κ1) is 12.3. The van der Waals surface area contributed by atoms with Gasteiger partial charge in [0.2, 0.25) is 17.7 Å². The van der Waals surface area contributed by atoms with E-state index in [9.17, 15) is 14.4 Å². The van der Waals surface area contributed by atoms with Crippen molar-refractivity contribution in [2.24, 2.45) is 0 Å². The Balaban J connectivity index is 1.54. The second-order valence-corrected chi connectivity index (χ2v) is 5.70. The zero-order valence-electron chi connectivity index (χ0n) is 10.4. The van der Waals surface area contributed by atoms with Crippen LogP contribution in [0.3, 0.4) is 0 Å². The Morgan fingerprint density at radius 3 is 2.53 bits per heavy atom. The predicted octanol–water partition coefficient (Wildman–Crippen LogP) is 0.650. The molecule has 2 aliphatic rings. The van der Waals surface area contributed by atoms with Gasteiger partial charge in [-0.05, 0) is 22.4 Å². The van der Waals surface area contributed by atoms with Crippen molar-refractivity contribution in [2.75, 3.05) is 13.1 Å². The van der Waals surface area contributed by atoms with Crippen LogP contribution in [0.2, 0.25) is 0 Å². The molecule has 0 radical (unpaired) electrons. The summed E-state index contributed by atoms with van der Waals surface area (Å²) >= 11 is 1.57. The normalized spacial score (nSPS) is 20.0. The first-order valence-corrected chi connectivity index (χ1v) is 7.23. The third-order valence-electron chi connectivity index (χ3n) is 3.61. The topological polar surface area (TPSA) is 57.7 Å². The summed E-state index contributed by atoms with van der Waals surface area (Å²) in [6.45, 7) is 0.973. The van der Waals surface area contributed by atoms with Crippen molar-refractivity contribution in [3.05, 3.63) is 22.4 Å². The second kappa shape index (κ2) is 4.77. The Hall–Kier alpha value is -1.69. The third kappa shape index (κ3) is 2.28. The molecule has 2 fully saturated rings. The van der Waals surface area contributed by atoms with E-state index in [0.717, 1.165) is 5.56 Å². The van der Waals surface area contributed by atoms with Crippen LogP contribution in [0.4, 0.5) is 0 Å². The first-order valence-electron chi connectivity index (χ1n) is 6.29. The summed E-state index contributed by atoms with van der Waals surface area (Å²) in [5.41, 5.74) is 1.02. The van der Waals surface area contributed by atoms with Gasteiger partial charge >= 0.3 is 0 Å². The molecule has 2 aliphatic heterocycles. The van der Waals surface area contributed by atoms with Crippen LogP contribution in [0, 0.1) is 0 Å². The summed E-state index contributed by atoms with van der Waals surface area (Å²) in [4.78, 5) is 38.1. The Labute approximate surface area is 114 Å². The highest BCUT2D eigenvalue weighted by molar-refractivity contribution is 7.07. The Bertz CT molecular complexity index is 504. The van der Waals surface area contributed by atoms with Crippen LogP contribution < -0.4 is 0 Å². The van der Waals surface area contributed by atoms with E-state index in [-0.39, 0.29) is 23.8 Å². The molecule has 0 aromatic carbocycles. The van der Waals surface area contributed by atoms with Gasteiger partial charge in [0.15, 0.2) is 0 Å². The number of hydrogen-bond acceptors (Lipinski definition) is 4. The molecule has 0 aliphatic carbocycles. The average molecular weight is 278 g/mol. The molecule has 0 atom stereocenters. The van der Waals surface area contributed by atoms with E-state index in [1.54, 1.807) is 16.2 Å². The van der Waals surface area contributed by atoms with Crippen molar-refractivity contribution in [1.82, 2.24) is 9.80 Å². The van der Waals surface area contributed by atoms with E-state index in [4.69, 9.17) is 0 Å². The Morgan fingerprint density at radius 1 is 1.26 bits per heavy atom. The van der Waals surface area contributed by atoms with Crippen LogP contribution in [-0.4, -0.2) is 46.7 Å². The highest BCUT2D eigenvalue weighted by Gasteiger charge is 2.42. The monoisotopic (exact) mass is 278 g/mol. The number of rotatable bonds is 3. The fourth-order valence-electron chi connectivity index (χ4n) is 2.50. The van der Waals surface area contributed by atoms with E-state index < -0.39 is 0 Å². The maximum atomic E-state index is 12.0. The second-order valence-electron chi connectivity index (χ2n) is 4.92. The number of imide groups is 1. The van der Waals surface area contributed by atoms with Gasteiger partial charge in [-0.3, -0.25) is 19.3 Å². The summed E-state index contributed by atoms with van der Waals surface area (Å²) in [6, 6.07) is 1.84. The molecule has 0 bridgehead atoms. The Kier molecular flexibility index (Phi) is 3.10. The number of likely N-dealkylation sites (tertiary alicyclic amines) is 2. The van der Waals surface area contributed by atoms with Gasteiger partial charge in [-0.15, -0.1) is 0 Å². The van der Waals surface area contributed by atoms with Crippen molar-refractivity contribution >= 4 is 29.1 Å². The standard InChI is InChI=1S/C13H14N2O3S/c16-11-1-2-12(17)15(11)10-6-14(7-10)13(18)5-9-3-4-19-8-9/h3-4,8,10H,1-2,5-7H2. The van der Waals surface area contributed by atoms with Crippen molar-refractivity contribution in [3.8, 4) is 0 Å². The van der Waals surface area contributed by atoms with Crippen LogP contribution in [0.1, 0.15) is 18.4 Å². The van der Waals surface area contributed by atoms with Crippen LogP contribution in [-0.2, 0) is 20.8 Å². The van der Waals surface area contributed by atoms with E-state index in [2.05, 4.69) is 0 Å². The highest BCUT2D eigenvalue weighted by Crippen LogP contribution is 2.23. The average Bonchev–Trinajstić information content (AvgIpc) is 2.91. The van der Waals surface area contributed by atoms with Gasteiger partial charge in [0.1, 0.15) is 0 Å². The van der Waals surface area contributed by atoms with Crippen LogP contribution in [0.25, 0.3) is 0 Å². The summed E-state index contributed by atoms with van der Waals surface area (Å²) < 4.78 is 0. The van der Waals surface area contributed by atoms with E-state index in [0.29, 0.717) is 32.4 Å². The minimum atomic E-state index is -0.103. The molecule has 19 heavy (non-hydrogen) atoms. The molecule has 0 N–H and O–H groups in total. The molecule has 1 aromatic heterocycles. The van der Waals surface area contributed by atoms with Crippen molar-refractivity contribution in [2.45, 2.75) is 25.3 Å². The number of amides is 3. The molecule has 3 amide bonds. The lowest BCUT2D eigenvalue weighted by molar-refractivity contribution is -0.151. The quantitative estimate of drug-likeness (QED) is 0.763. The first-order chi connectivity index (χ1) is 9.15. The fraction of sp³-hybridized carbons (Fsp3) is 0.462.